The first-order chi connectivity index (χ1) is 24.3. The molecule has 1 rings (SSSR count). The summed E-state index contributed by atoms with van der Waals surface area (Å²) in [7, 11) is 2.23. The molecule has 1 heterocycles. The van der Waals surface area contributed by atoms with Gasteiger partial charge >= 0.3 is 0 Å². The van der Waals surface area contributed by atoms with Crippen LogP contribution in [0.1, 0.15) is 174 Å². The molecule has 0 radical (unpaired) electrons. The molecule has 49 heavy (non-hydrogen) atoms. The number of hydrogen-bond donors (Lipinski definition) is 0. The number of allylic oxidation sites excluding steroid dienone is 8. The fourth-order valence-electron chi connectivity index (χ4n) is 6.36. The van der Waals surface area contributed by atoms with Crippen molar-refractivity contribution in [1.82, 2.24) is 9.80 Å². The van der Waals surface area contributed by atoms with Crippen LogP contribution in [0.25, 0.3) is 0 Å². The van der Waals surface area contributed by atoms with E-state index >= 15 is 0 Å². The highest BCUT2D eigenvalue weighted by Crippen LogP contribution is 2.12. The highest BCUT2D eigenvalue weighted by Gasteiger charge is 2.16. The molecule has 0 aromatic rings. The molecule has 0 aromatic carbocycles. The highest BCUT2D eigenvalue weighted by atomic mass is 16.5. The summed E-state index contributed by atoms with van der Waals surface area (Å²) < 4.78 is 12.6. The Labute approximate surface area is 307 Å². The van der Waals surface area contributed by atoms with Gasteiger partial charge in [-0.05, 0) is 90.5 Å². The Morgan fingerprint density at radius 2 is 0.918 bits per heavy atom. The predicted molar refractivity (Wildman–Crippen MR) is 218 cm³/mol. The van der Waals surface area contributed by atoms with Crippen LogP contribution >= 0.6 is 0 Å². The van der Waals surface area contributed by atoms with Crippen molar-refractivity contribution in [2.45, 2.75) is 180 Å². The van der Waals surface area contributed by atoms with Gasteiger partial charge in [0.25, 0.3) is 0 Å². The number of piperazine rings is 1. The summed E-state index contributed by atoms with van der Waals surface area (Å²) in [6.45, 7) is 12.9. The summed E-state index contributed by atoms with van der Waals surface area (Å²) in [5.74, 6) is 0. The molecule has 0 amide bonds. The van der Waals surface area contributed by atoms with Crippen molar-refractivity contribution < 1.29 is 9.47 Å². The van der Waals surface area contributed by atoms with E-state index in [1.165, 1.54) is 167 Å². The molecule has 1 aliphatic rings. The predicted octanol–water partition coefficient (Wildman–Crippen LogP) is 12.7. The maximum atomic E-state index is 6.42. The number of nitrogens with zero attached hydrogens (tertiary/aromatic N) is 2. The first-order valence-corrected chi connectivity index (χ1v) is 21.5. The first kappa shape index (κ1) is 45.8. The Morgan fingerprint density at radius 1 is 0.490 bits per heavy atom. The summed E-state index contributed by atoms with van der Waals surface area (Å²) >= 11 is 0. The van der Waals surface area contributed by atoms with E-state index in [9.17, 15) is 0 Å². The van der Waals surface area contributed by atoms with Crippen molar-refractivity contribution in [3.05, 3.63) is 48.6 Å². The maximum Gasteiger partial charge on any atom is 0.0820 e. The van der Waals surface area contributed by atoms with Crippen LogP contribution in [-0.2, 0) is 9.47 Å². The molecular formula is C45H84N2O2. The van der Waals surface area contributed by atoms with Crippen molar-refractivity contribution in [3.8, 4) is 0 Å². The third kappa shape index (κ3) is 33.7. The summed E-state index contributed by atoms with van der Waals surface area (Å²) in [5.41, 5.74) is 0. The van der Waals surface area contributed by atoms with Crippen LogP contribution in [0.3, 0.4) is 0 Å². The van der Waals surface area contributed by atoms with E-state index in [0.29, 0.717) is 0 Å². The minimum absolute atomic E-state index is 0.238. The smallest absolute Gasteiger partial charge is 0.0820 e. The van der Waals surface area contributed by atoms with Crippen LogP contribution in [0, 0.1) is 0 Å². The lowest BCUT2D eigenvalue weighted by Gasteiger charge is -2.33. The highest BCUT2D eigenvalue weighted by molar-refractivity contribution is 4.93. The van der Waals surface area contributed by atoms with Crippen LogP contribution in [0.5, 0.6) is 0 Å². The van der Waals surface area contributed by atoms with E-state index < -0.39 is 0 Å². The van der Waals surface area contributed by atoms with Crippen molar-refractivity contribution >= 4 is 0 Å². The Bertz CT molecular complexity index is 768. The Balaban J connectivity index is 2.06. The van der Waals surface area contributed by atoms with Gasteiger partial charge in [0.2, 0.25) is 0 Å². The van der Waals surface area contributed by atoms with E-state index in [4.69, 9.17) is 9.47 Å². The largest absolute Gasteiger partial charge is 0.379 e. The Hall–Kier alpha value is -1.20. The summed E-state index contributed by atoms with van der Waals surface area (Å²) in [6.07, 6.45) is 51.0. The van der Waals surface area contributed by atoms with Crippen LogP contribution < -0.4 is 0 Å². The average molecular weight is 685 g/mol. The van der Waals surface area contributed by atoms with Crippen molar-refractivity contribution in [1.29, 1.82) is 0 Å². The monoisotopic (exact) mass is 685 g/mol. The molecule has 0 bridgehead atoms. The zero-order valence-electron chi connectivity index (χ0n) is 33.2. The molecule has 4 heteroatoms. The van der Waals surface area contributed by atoms with Gasteiger partial charge in [-0.25, -0.2) is 0 Å². The number of unbranched alkanes of at least 4 members (excludes halogenated alkanes) is 18. The minimum Gasteiger partial charge on any atom is -0.379 e. The zero-order valence-corrected chi connectivity index (χ0v) is 33.2. The SMILES string of the molecule is CCCCCC=CCC=CCCCCCCCCOCC(CCN1CCN(C)CC1)OCCCCCCCCC=CCC=CCCCCC. The Morgan fingerprint density at radius 3 is 1.41 bits per heavy atom. The molecule has 0 spiro atoms. The minimum atomic E-state index is 0.238. The van der Waals surface area contributed by atoms with E-state index in [0.717, 1.165) is 45.6 Å². The van der Waals surface area contributed by atoms with Gasteiger partial charge in [0, 0.05) is 45.9 Å². The summed E-state index contributed by atoms with van der Waals surface area (Å²) in [6, 6.07) is 0. The summed E-state index contributed by atoms with van der Waals surface area (Å²) in [5, 5.41) is 0. The third-order valence-corrected chi connectivity index (χ3v) is 9.85. The first-order valence-electron chi connectivity index (χ1n) is 21.5. The second kappa shape index (κ2) is 38.0. The van der Waals surface area contributed by atoms with E-state index in [1.807, 2.05) is 0 Å². The van der Waals surface area contributed by atoms with Gasteiger partial charge in [0.1, 0.15) is 0 Å². The standard InChI is InChI=1S/C45H84N2O2/c1-4-6-8-10-12-14-16-18-20-22-24-26-28-30-32-34-42-48-44-45(36-37-47-40-38-46(3)39-41-47)49-43-35-33-31-29-27-25-23-21-19-17-15-13-11-9-7-5-2/h12-15,18-21,45H,4-11,16-17,22-44H2,1-3H3. The Kier molecular flexibility index (Phi) is 35.6. The van der Waals surface area contributed by atoms with Crippen molar-refractivity contribution in [3.63, 3.8) is 0 Å². The van der Waals surface area contributed by atoms with Gasteiger partial charge < -0.3 is 19.3 Å². The van der Waals surface area contributed by atoms with E-state index in [2.05, 4.69) is 79.3 Å². The second-order valence-corrected chi connectivity index (χ2v) is 14.7. The summed E-state index contributed by atoms with van der Waals surface area (Å²) in [4.78, 5) is 5.05. The zero-order chi connectivity index (χ0) is 35.1. The van der Waals surface area contributed by atoms with Gasteiger partial charge in [0.15, 0.2) is 0 Å². The fraction of sp³-hybridized carbons (Fsp3) is 0.822. The van der Waals surface area contributed by atoms with Crippen LogP contribution in [0.2, 0.25) is 0 Å². The number of rotatable bonds is 36. The lowest BCUT2D eigenvalue weighted by molar-refractivity contribution is -0.0276. The van der Waals surface area contributed by atoms with E-state index in [-0.39, 0.29) is 6.10 Å². The molecule has 0 N–H and O–H groups in total. The van der Waals surface area contributed by atoms with Crippen molar-refractivity contribution in [2.24, 2.45) is 0 Å². The van der Waals surface area contributed by atoms with Crippen LogP contribution in [0.15, 0.2) is 48.6 Å². The average Bonchev–Trinajstić information content (AvgIpc) is 3.11. The molecule has 4 nitrogen and oxygen atoms in total. The van der Waals surface area contributed by atoms with Gasteiger partial charge in [-0.2, -0.15) is 0 Å². The lowest BCUT2D eigenvalue weighted by atomic mass is 10.1. The van der Waals surface area contributed by atoms with Gasteiger partial charge in [-0.1, -0.05) is 140 Å². The molecule has 0 aliphatic carbocycles. The molecule has 0 aromatic heterocycles. The van der Waals surface area contributed by atoms with Gasteiger partial charge in [0.05, 0.1) is 12.7 Å². The molecule has 286 valence electrons. The second-order valence-electron chi connectivity index (χ2n) is 14.7. The van der Waals surface area contributed by atoms with Crippen LogP contribution in [0.4, 0.5) is 0 Å². The van der Waals surface area contributed by atoms with Crippen LogP contribution in [-0.4, -0.2) is 75.5 Å². The molecule has 1 unspecified atom stereocenters. The molecule has 1 fully saturated rings. The molecule has 1 saturated heterocycles. The lowest BCUT2D eigenvalue weighted by Crippen LogP contribution is -2.45. The van der Waals surface area contributed by atoms with Gasteiger partial charge in [-0.3, -0.25) is 0 Å². The van der Waals surface area contributed by atoms with Gasteiger partial charge in [-0.15, -0.1) is 0 Å². The molecular weight excluding hydrogens is 601 g/mol. The van der Waals surface area contributed by atoms with E-state index in [1.54, 1.807) is 0 Å². The molecule has 1 aliphatic heterocycles. The fourth-order valence-corrected chi connectivity index (χ4v) is 6.36. The molecule has 0 saturated carbocycles. The van der Waals surface area contributed by atoms with Crippen molar-refractivity contribution in [2.75, 3.05) is 59.6 Å². The number of ether oxygens (including phenoxy) is 2. The molecule has 1 atom stereocenters. The normalized spacial score (nSPS) is 15.7. The topological polar surface area (TPSA) is 24.9 Å². The maximum absolute atomic E-state index is 6.42. The third-order valence-electron chi connectivity index (χ3n) is 9.85. The quantitative estimate of drug-likeness (QED) is 0.0484. The number of hydrogen-bond acceptors (Lipinski definition) is 4. The number of likely N-dealkylation sites (N-methyl/N-ethyl adjacent to an activating group) is 1.